The number of carbonyl (C=O) groups excluding carboxylic acids is 2. The number of hydrogen-bond donors (Lipinski definition) is 2. The van der Waals surface area contributed by atoms with E-state index in [-0.39, 0.29) is 17.5 Å². The van der Waals surface area contributed by atoms with Crippen molar-refractivity contribution in [3.8, 4) is 11.5 Å². The van der Waals surface area contributed by atoms with Crippen LogP contribution in [-0.2, 0) is 0 Å². The summed E-state index contributed by atoms with van der Waals surface area (Å²) < 4.78 is 12.1. The van der Waals surface area contributed by atoms with Gasteiger partial charge in [-0.05, 0) is 176 Å². The molecule has 0 saturated heterocycles. The van der Waals surface area contributed by atoms with Crippen LogP contribution >= 0.6 is 0 Å². The number of ketones is 1. The van der Waals surface area contributed by atoms with Crippen molar-refractivity contribution in [2.75, 3.05) is 11.5 Å². The number of carbonyl (C=O) groups is 2. The molecule has 6 heteroatoms. The fourth-order valence-corrected chi connectivity index (χ4v) is 12.1. The molecule has 0 radical (unpaired) electrons. The molecule has 7 rings (SSSR count). The predicted molar refractivity (Wildman–Crippen MR) is 224 cm³/mol. The number of benzene rings is 3. The molecule has 0 amide bonds. The van der Waals surface area contributed by atoms with Gasteiger partial charge in [-0.1, -0.05) is 72.1 Å². The van der Waals surface area contributed by atoms with E-state index in [1.165, 1.54) is 76.3 Å². The Morgan fingerprint density at radius 1 is 0.764 bits per heavy atom. The maximum absolute atomic E-state index is 13.0. The van der Waals surface area contributed by atoms with Crippen LogP contribution in [0.2, 0.25) is 0 Å². The topological polar surface area (TPSA) is 105 Å². The Hall–Kier alpha value is -4.06. The number of ether oxygens (including phenoxy) is 2. The van der Waals surface area contributed by atoms with E-state index in [4.69, 9.17) is 20.9 Å². The lowest BCUT2D eigenvalue weighted by Gasteiger charge is -2.61. The number of esters is 1. The van der Waals surface area contributed by atoms with Gasteiger partial charge in [0.25, 0.3) is 0 Å². The highest BCUT2D eigenvalue weighted by Gasteiger charge is 2.60. The van der Waals surface area contributed by atoms with E-state index >= 15 is 0 Å². The van der Waals surface area contributed by atoms with Crippen LogP contribution in [0.3, 0.4) is 0 Å². The summed E-state index contributed by atoms with van der Waals surface area (Å²) in [4.78, 5) is 25.6. The zero-order valence-electron chi connectivity index (χ0n) is 33.9. The fourth-order valence-electron chi connectivity index (χ4n) is 12.1. The third-order valence-electron chi connectivity index (χ3n) is 15.0. The molecule has 2 unspecified atom stereocenters. The van der Waals surface area contributed by atoms with Crippen molar-refractivity contribution in [1.82, 2.24) is 0 Å². The van der Waals surface area contributed by atoms with Crippen molar-refractivity contribution < 1.29 is 19.1 Å². The first-order chi connectivity index (χ1) is 26.3. The van der Waals surface area contributed by atoms with Gasteiger partial charge in [0.15, 0.2) is 5.78 Å². The van der Waals surface area contributed by atoms with Crippen LogP contribution in [0.15, 0.2) is 72.8 Å². The average molecular weight is 745 g/mol. The van der Waals surface area contributed by atoms with E-state index in [9.17, 15) is 9.59 Å². The first-order valence-corrected chi connectivity index (χ1v) is 21.3. The molecule has 4 saturated carbocycles. The molecule has 4 aliphatic carbocycles. The van der Waals surface area contributed by atoms with Crippen LogP contribution in [0.25, 0.3) is 6.08 Å². The monoisotopic (exact) mass is 744 g/mol. The molecule has 4 N–H and O–H groups in total. The number of anilines is 2. The second kappa shape index (κ2) is 16.2. The van der Waals surface area contributed by atoms with Gasteiger partial charge in [-0.2, -0.15) is 0 Å². The molecule has 0 bridgehead atoms. The molecular weight excluding hydrogens is 681 g/mol. The summed E-state index contributed by atoms with van der Waals surface area (Å²) in [6.07, 6.45) is 19.8. The molecule has 0 heterocycles. The number of allylic oxidation sites excluding steroid dienone is 1. The summed E-state index contributed by atoms with van der Waals surface area (Å²) in [6, 6.07) is 19.2. The maximum atomic E-state index is 13.0. The molecule has 55 heavy (non-hydrogen) atoms. The van der Waals surface area contributed by atoms with Gasteiger partial charge < -0.3 is 20.9 Å². The Kier molecular flexibility index (Phi) is 11.5. The number of nitrogens with two attached hydrogens (primary N) is 2. The van der Waals surface area contributed by atoms with Crippen LogP contribution in [0, 0.1) is 52.3 Å². The summed E-state index contributed by atoms with van der Waals surface area (Å²) in [5.74, 6) is 6.65. The van der Waals surface area contributed by atoms with Gasteiger partial charge >= 0.3 is 5.97 Å². The molecule has 3 aromatic carbocycles. The van der Waals surface area contributed by atoms with E-state index in [0.717, 1.165) is 65.6 Å². The van der Waals surface area contributed by atoms with Crippen LogP contribution in [0.4, 0.5) is 11.4 Å². The van der Waals surface area contributed by atoms with Crippen molar-refractivity contribution in [1.29, 1.82) is 0 Å². The maximum Gasteiger partial charge on any atom is 0.343 e. The third kappa shape index (κ3) is 8.39. The SMILES string of the molecule is CC(C)CCC[C@@H](C)[C@H]1CC[C@H]2[C@@H]3CCC4CC(Oc5ccc(C(=O)C=Cc6ccc(OC(=O)c7cc(N)cc(N)c7)cc6)cc5)CC[C@]4(C)[C@H]3CC[C@]12C. The lowest BCUT2D eigenvalue weighted by molar-refractivity contribution is -0.126. The molecule has 4 aliphatic rings. The minimum Gasteiger partial charge on any atom is -0.490 e. The summed E-state index contributed by atoms with van der Waals surface area (Å²) in [5, 5.41) is 0. The Bertz CT molecular complexity index is 1830. The number of hydrogen-bond acceptors (Lipinski definition) is 6. The first-order valence-electron chi connectivity index (χ1n) is 21.3. The molecule has 0 aromatic heterocycles. The zero-order chi connectivity index (χ0) is 38.9. The van der Waals surface area contributed by atoms with Gasteiger partial charge in [-0.25, -0.2) is 4.79 Å². The summed E-state index contributed by atoms with van der Waals surface area (Å²) in [5.41, 5.74) is 15.1. The number of fused-ring (bicyclic) bond motifs is 5. The smallest absolute Gasteiger partial charge is 0.343 e. The predicted octanol–water partition coefficient (Wildman–Crippen LogP) is 11.8. The van der Waals surface area contributed by atoms with E-state index in [2.05, 4.69) is 34.6 Å². The Balaban J connectivity index is 0.896. The van der Waals surface area contributed by atoms with Gasteiger partial charge in [0, 0.05) is 16.9 Å². The zero-order valence-corrected chi connectivity index (χ0v) is 33.9. The minimum atomic E-state index is -0.541. The van der Waals surface area contributed by atoms with E-state index in [1.807, 2.05) is 24.3 Å². The van der Waals surface area contributed by atoms with Crippen molar-refractivity contribution in [3.05, 3.63) is 89.5 Å². The van der Waals surface area contributed by atoms with E-state index in [0.29, 0.717) is 33.5 Å². The van der Waals surface area contributed by atoms with Gasteiger partial charge in [0.1, 0.15) is 11.5 Å². The second-order valence-electron chi connectivity index (χ2n) is 18.8. The average Bonchev–Trinajstić information content (AvgIpc) is 3.51. The highest BCUT2D eigenvalue weighted by Crippen LogP contribution is 2.68. The highest BCUT2D eigenvalue weighted by atomic mass is 16.5. The molecule has 3 aromatic rings. The normalized spacial score (nSPS) is 30.7. The van der Waals surface area contributed by atoms with Gasteiger partial charge in [0.05, 0.1) is 11.7 Å². The van der Waals surface area contributed by atoms with E-state index in [1.54, 1.807) is 42.5 Å². The van der Waals surface area contributed by atoms with Crippen LogP contribution in [0.1, 0.15) is 138 Å². The minimum absolute atomic E-state index is 0.0794. The summed E-state index contributed by atoms with van der Waals surface area (Å²) in [6.45, 7) is 12.7. The molecule has 6 nitrogen and oxygen atoms in total. The summed E-state index contributed by atoms with van der Waals surface area (Å²) in [7, 11) is 0. The van der Waals surface area contributed by atoms with Crippen LogP contribution < -0.4 is 20.9 Å². The molecule has 0 aliphatic heterocycles. The van der Waals surface area contributed by atoms with Crippen LogP contribution in [0.5, 0.6) is 11.5 Å². The van der Waals surface area contributed by atoms with Crippen molar-refractivity contribution in [2.24, 2.45) is 52.3 Å². The van der Waals surface area contributed by atoms with Gasteiger partial charge in [-0.3, -0.25) is 4.79 Å². The number of nitrogen functional groups attached to an aromatic ring is 2. The molecular formula is C49H64N2O4. The Morgan fingerprint density at radius 2 is 1.44 bits per heavy atom. The summed E-state index contributed by atoms with van der Waals surface area (Å²) >= 11 is 0. The fraction of sp³-hybridized carbons (Fsp3) is 0.551. The molecule has 0 spiro atoms. The third-order valence-corrected chi connectivity index (χ3v) is 15.0. The van der Waals surface area contributed by atoms with Crippen molar-refractivity contribution >= 4 is 29.2 Å². The Morgan fingerprint density at radius 3 is 2.15 bits per heavy atom. The van der Waals surface area contributed by atoms with Gasteiger partial charge in [-0.15, -0.1) is 0 Å². The highest BCUT2D eigenvalue weighted by molar-refractivity contribution is 6.06. The molecule has 294 valence electrons. The molecule has 9 atom stereocenters. The van der Waals surface area contributed by atoms with Crippen molar-refractivity contribution in [2.45, 2.75) is 118 Å². The largest absolute Gasteiger partial charge is 0.490 e. The lowest BCUT2D eigenvalue weighted by Crippen LogP contribution is -2.54. The lowest BCUT2D eigenvalue weighted by atomic mass is 9.44. The standard InChI is InChI=1S/C49H64N2O4/c1-31(2)7-6-8-32(3)43-20-21-44-42-19-14-36-29-41(23-25-48(36,4)45(42)24-26-49(43,44)5)54-39-17-12-34(13-18-39)46(52)22-11-33-9-15-40(16-10-33)55-47(53)35-27-37(50)30-38(51)28-35/h9-13,15-18,22,27-28,30-32,36,41-45H,6-8,14,19-21,23-26,29,50-51H2,1-5H3/t32-,36?,41?,42+,43-,44+,45+,48+,49-/m1/s1. The van der Waals surface area contributed by atoms with Crippen LogP contribution in [-0.4, -0.2) is 17.9 Å². The van der Waals surface area contributed by atoms with Crippen molar-refractivity contribution in [3.63, 3.8) is 0 Å². The van der Waals surface area contributed by atoms with Gasteiger partial charge in [0.2, 0.25) is 0 Å². The van der Waals surface area contributed by atoms with E-state index < -0.39 is 5.97 Å². The Labute approximate surface area is 329 Å². The number of rotatable bonds is 12. The molecule has 4 fully saturated rings. The quantitative estimate of drug-likeness (QED) is 0.0629. The second-order valence-corrected chi connectivity index (χ2v) is 18.8. The first kappa shape index (κ1) is 39.2.